The van der Waals surface area contributed by atoms with Gasteiger partial charge in [-0.3, -0.25) is 4.79 Å². The number of aryl methyl sites for hydroxylation is 1. The number of hydrogen-bond acceptors (Lipinski definition) is 11. The quantitative estimate of drug-likeness (QED) is 0.0665. The number of fused-ring (bicyclic) bond motifs is 8. The van der Waals surface area contributed by atoms with Gasteiger partial charge in [0.2, 0.25) is 0 Å². The van der Waals surface area contributed by atoms with Crippen LogP contribution in [-0.4, -0.2) is 61.3 Å². The monoisotopic (exact) mass is 942 g/mol. The van der Waals surface area contributed by atoms with Crippen LogP contribution >= 0.6 is 0 Å². The largest absolute Gasteiger partial charge is 0.508 e. The van der Waals surface area contributed by atoms with Gasteiger partial charge in [0.05, 0.1) is 30.9 Å². The van der Waals surface area contributed by atoms with Crippen molar-refractivity contribution in [2.75, 3.05) is 32.2 Å². The first kappa shape index (κ1) is 46.1. The minimum absolute atomic E-state index is 0.0441. The second kappa shape index (κ2) is 19.1. The Morgan fingerprint density at radius 2 is 1.86 bits per heavy atom. The maximum Gasteiger partial charge on any atom is 0.302 e. The molecule has 0 radical (unpaired) electrons. The zero-order valence-corrected chi connectivity index (χ0v) is 40.7. The van der Waals surface area contributed by atoms with Gasteiger partial charge in [0.25, 0.3) is 0 Å². The van der Waals surface area contributed by atoms with Crippen molar-refractivity contribution in [3.8, 4) is 51.7 Å². The number of benzene rings is 4. The van der Waals surface area contributed by atoms with Crippen LogP contribution in [0.5, 0.6) is 28.7 Å². The summed E-state index contributed by atoms with van der Waals surface area (Å²) < 4.78 is 26.3. The summed E-state index contributed by atoms with van der Waals surface area (Å²) in [5.74, 6) is 8.83. The summed E-state index contributed by atoms with van der Waals surface area (Å²) in [5, 5.41) is 34.2. The lowest BCUT2D eigenvalue weighted by atomic mass is 9.64. The number of ether oxygens (including phenoxy) is 4. The van der Waals surface area contributed by atoms with Crippen molar-refractivity contribution in [1.82, 2.24) is 10.6 Å². The van der Waals surface area contributed by atoms with Crippen LogP contribution in [0.15, 0.2) is 84.1 Å². The molecule has 11 heteroatoms. The van der Waals surface area contributed by atoms with Crippen molar-refractivity contribution in [2.24, 2.45) is 17.6 Å². The predicted molar refractivity (Wildman–Crippen MR) is 273 cm³/mol. The number of phenolic OH excluding ortho intramolecular Hbond substituents is 2. The summed E-state index contributed by atoms with van der Waals surface area (Å²) in [6, 6.07) is 18.7. The lowest BCUT2D eigenvalue weighted by Gasteiger charge is -2.40. The van der Waals surface area contributed by atoms with Crippen LogP contribution < -0.4 is 35.9 Å². The van der Waals surface area contributed by atoms with E-state index < -0.39 is 18.2 Å². The number of carbonyl (C=O) groups is 1. The topological polar surface area (TPSA) is 157 Å². The van der Waals surface area contributed by atoms with Gasteiger partial charge in [-0.05, 0) is 128 Å². The standard InChI is InChI=1S/C59H66N4O7/c1-4-61-48-15-9-8-11-35(48)17-19-42-37-25-26-59(30-37)31-38-27-41(65)29-51(67-3)53(38)45-22-21-44-47(33-68-34(2)64)57(70-58(44)55(45)59)54-36(12-10-16-49-43(42)23-24-52(60)63-49)28-50(66)56-46(54)20-18-40(32-69-56)62-39-13-6-5-7-14-39/h8-9,11,15,18,20-24,27-29,37,39-40,42,47,52,57,61-63,65-66H,4-7,12-14,17,19,25-26,30-33,60H2,1-3H3. The average Bonchev–Trinajstić information content (AvgIpc) is 3.86. The van der Waals surface area contributed by atoms with Crippen LogP contribution in [0.4, 0.5) is 5.69 Å². The summed E-state index contributed by atoms with van der Waals surface area (Å²) in [5.41, 5.74) is 18.3. The number of carbonyl (C=O) groups excluding carboxylic acids is 1. The summed E-state index contributed by atoms with van der Waals surface area (Å²) in [6.07, 6.45) is 18.9. The Balaban J connectivity index is 1.13. The van der Waals surface area contributed by atoms with Gasteiger partial charge in [0.1, 0.15) is 36.6 Å². The van der Waals surface area contributed by atoms with Crippen molar-refractivity contribution in [3.63, 3.8) is 0 Å². The zero-order chi connectivity index (χ0) is 48.1. The molecule has 0 saturated heterocycles. The molecule has 364 valence electrons. The molecular formula is C59H66N4O7. The zero-order valence-electron chi connectivity index (χ0n) is 40.7. The second-order valence-electron chi connectivity index (χ2n) is 20.7. The van der Waals surface area contributed by atoms with Crippen LogP contribution in [0, 0.1) is 23.7 Å². The van der Waals surface area contributed by atoms with E-state index in [9.17, 15) is 15.0 Å². The molecule has 0 amide bonds. The van der Waals surface area contributed by atoms with Crippen LogP contribution in [-0.2, 0) is 34.2 Å². The van der Waals surface area contributed by atoms with Gasteiger partial charge < -0.3 is 50.8 Å². The molecule has 7 aliphatic rings. The van der Waals surface area contributed by atoms with Gasteiger partial charge in [-0.25, -0.2) is 0 Å². The number of allylic oxidation sites excluding steroid dienone is 3. The van der Waals surface area contributed by atoms with Gasteiger partial charge in [-0.1, -0.05) is 73.7 Å². The molecule has 2 saturated carbocycles. The molecule has 7 unspecified atom stereocenters. The molecule has 11 nitrogen and oxygen atoms in total. The Morgan fingerprint density at radius 3 is 2.69 bits per heavy atom. The summed E-state index contributed by atoms with van der Waals surface area (Å²) in [6.45, 7) is 4.87. The molecule has 0 aromatic heterocycles. The maximum absolute atomic E-state index is 12.8. The van der Waals surface area contributed by atoms with Crippen molar-refractivity contribution in [1.29, 1.82) is 0 Å². The van der Waals surface area contributed by atoms with Gasteiger partial charge in [0.15, 0.2) is 11.5 Å². The fraction of sp³-hybridized carbons (Fsp3) is 0.441. The lowest BCUT2D eigenvalue weighted by Crippen LogP contribution is -2.41. The van der Waals surface area contributed by atoms with E-state index in [1.165, 1.54) is 31.7 Å². The van der Waals surface area contributed by atoms with Crippen molar-refractivity contribution < 1.29 is 34.0 Å². The molecule has 4 heterocycles. The summed E-state index contributed by atoms with van der Waals surface area (Å²) in [4.78, 5) is 12.8. The van der Waals surface area contributed by atoms with E-state index in [1.807, 2.05) is 6.07 Å². The predicted octanol–water partition coefficient (Wildman–Crippen LogP) is 9.78. The van der Waals surface area contributed by atoms with Gasteiger partial charge >= 0.3 is 5.97 Å². The second-order valence-corrected chi connectivity index (χ2v) is 20.7. The highest BCUT2D eigenvalue weighted by atomic mass is 16.5. The Hall–Kier alpha value is -6.35. The van der Waals surface area contributed by atoms with Crippen LogP contribution in [0.3, 0.4) is 0 Å². The minimum Gasteiger partial charge on any atom is -0.508 e. The smallest absolute Gasteiger partial charge is 0.302 e. The molecule has 11 rings (SSSR count). The van der Waals surface area contributed by atoms with E-state index in [4.69, 9.17) is 24.7 Å². The Bertz CT molecular complexity index is 2870. The fourth-order valence-corrected chi connectivity index (χ4v) is 13.3. The molecule has 7 N–H and O–H groups in total. The van der Waals surface area contributed by atoms with Crippen molar-refractivity contribution in [3.05, 3.63) is 123 Å². The van der Waals surface area contributed by atoms with E-state index in [0.29, 0.717) is 37.0 Å². The SMILES string of the molecule is CCNc1ccccc1CCC1C2=C(C#CCc3cc(O)c4c(c3C3Oc5c(ccc6c5C5(CCC1C5)Cc1cc(O)cc(OC)c1-6)C3COC(C)=O)C=CC(NC1CCCCC1)CO4)NC(N)C=C2. The number of rotatable bonds is 10. The highest BCUT2D eigenvalue weighted by molar-refractivity contribution is 5.84. The molecule has 3 aliphatic carbocycles. The molecule has 7 atom stereocenters. The average molecular weight is 943 g/mol. The normalized spacial score (nSPS) is 26.0. The number of nitrogens with one attached hydrogen (secondary N) is 3. The number of nitrogens with two attached hydrogens (primary N) is 1. The number of methoxy groups -OCH3 is 1. The molecule has 4 bridgehead atoms. The summed E-state index contributed by atoms with van der Waals surface area (Å²) in [7, 11) is 1.66. The molecule has 1 spiro atoms. The number of anilines is 1. The Labute approximate surface area is 411 Å². The molecule has 4 aromatic rings. The van der Waals surface area contributed by atoms with E-state index in [0.717, 1.165) is 119 Å². The highest BCUT2D eigenvalue weighted by Gasteiger charge is 2.52. The van der Waals surface area contributed by atoms with Gasteiger partial charge in [0, 0.05) is 70.9 Å². The van der Waals surface area contributed by atoms with Crippen molar-refractivity contribution >= 4 is 17.7 Å². The molecule has 70 heavy (non-hydrogen) atoms. The van der Waals surface area contributed by atoms with Gasteiger partial charge in [-0.15, -0.1) is 0 Å². The number of para-hydroxylation sites is 1. The van der Waals surface area contributed by atoms with Crippen molar-refractivity contribution in [2.45, 2.75) is 127 Å². The molecule has 4 aromatic carbocycles. The number of aromatic hydroxyl groups is 2. The fourth-order valence-electron chi connectivity index (χ4n) is 13.3. The summed E-state index contributed by atoms with van der Waals surface area (Å²) >= 11 is 0. The highest BCUT2D eigenvalue weighted by Crippen LogP contribution is 2.64. The van der Waals surface area contributed by atoms with Gasteiger partial charge in [-0.2, -0.15) is 0 Å². The molecule has 2 fully saturated rings. The molecular weight excluding hydrogens is 877 g/mol. The lowest BCUT2D eigenvalue weighted by molar-refractivity contribution is -0.141. The van der Waals surface area contributed by atoms with E-state index in [1.54, 1.807) is 19.2 Å². The third kappa shape index (κ3) is 8.47. The van der Waals surface area contributed by atoms with E-state index >= 15 is 0 Å². The van der Waals surface area contributed by atoms with E-state index in [2.05, 4.69) is 95.4 Å². The number of esters is 1. The van der Waals surface area contributed by atoms with Crippen LogP contribution in [0.1, 0.15) is 123 Å². The minimum atomic E-state index is -0.630. The first-order chi connectivity index (χ1) is 34.1. The van der Waals surface area contributed by atoms with E-state index in [-0.39, 0.29) is 47.4 Å². The first-order valence-electron chi connectivity index (χ1n) is 25.7. The van der Waals surface area contributed by atoms with Crippen LogP contribution in [0.25, 0.3) is 17.2 Å². The molecule has 4 aliphatic heterocycles. The third-order valence-corrected chi connectivity index (χ3v) is 16.3. The van der Waals surface area contributed by atoms with Crippen LogP contribution in [0.2, 0.25) is 0 Å². The Kier molecular flexibility index (Phi) is 12.6. The Morgan fingerprint density at radius 1 is 1.00 bits per heavy atom. The first-order valence-corrected chi connectivity index (χ1v) is 25.7. The maximum atomic E-state index is 12.8. The number of phenols is 2. The third-order valence-electron chi connectivity index (χ3n) is 16.3. The number of dihydropyridines is 1. The number of hydrogen-bond donors (Lipinski definition) is 6.